The lowest BCUT2D eigenvalue weighted by Crippen LogP contribution is -1.99. The van der Waals surface area contributed by atoms with Gasteiger partial charge in [0, 0.05) is 16.5 Å². The lowest BCUT2D eigenvalue weighted by atomic mass is 10.2. The van der Waals surface area contributed by atoms with Gasteiger partial charge in [0.15, 0.2) is 0 Å². The molecule has 5 heteroatoms. The highest BCUT2D eigenvalue weighted by Crippen LogP contribution is 2.24. The molecule has 16 heavy (non-hydrogen) atoms. The van der Waals surface area contributed by atoms with Crippen LogP contribution in [0.4, 0.5) is 0 Å². The molecule has 0 fully saturated rings. The smallest absolute Gasteiger partial charge is 0.0819 e. The van der Waals surface area contributed by atoms with Gasteiger partial charge in [-0.05, 0) is 24.6 Å². The second-order valence-electron chi connectivity index (χ2n) is 3.41. The third kappa shape index (κ3) is 2.26. The lowest BCUT2D eigenvalue weighted by Gasteiger charge is -2.07. The number of aromatic nitrogens is 2. The maximum Gasteiger partial charge on any atom is 0.0819 e. The predicted octanol–water partition coefficient (Wildman–Crippen LogP) is 4.38. The molecular weight excluding hydrogens is 311 g/mol. The van der Waals surface area contributed by atoms with Crippen LogP contribution >= 0.6 is 39.1 Å². The van der Waals surface area contributed by atoms with E-state index in [1.54, 1.807) is 10.9 Å². The van der Waals surface area contributed by atoms with Crippen molar-refractivity contribution >= 4 is 39.1 Å². The fraction of sp³-hybridized carbons (Fsp3) is 0.182. The molecule has 0 bridgehead atoms. The van der Waals surface area contributed by atoms with Crippen molar-refractivity contribution in [3.8, 4) is 5.69 Å². The average molecular weight is 320 g/mol. The molecule has 0 radical (unpaired) electrons. The van der Waals surface area contributed by atoms with E-state index in [2.05, 4.69) is 21.0 Å². The summed E-state index contributed by atoms with van der Waals surface area (Å²) in [5.41, 5.74) is 2.87. The Balaban J connectivity index is 2.57. The number of aryl methyl sites for hydroxylation is 1. The van der Waals surface area contributed by atoms with Gasteiger partial charge in [0.05, 0.1) is 16.4 Å². The van der Waals surface area contributed by atoms with Crippen LogP contribution in [0, 0.1) is 6.92 Å². The molecule has 0 atom stereocenters. The molecule has 84 valence electrons. The summed E-state index contributed by atoms with van der Waals surface area (Å²) in [4.78, 5) is 0. The van der Waals surface area contributed by atoms with Gasteiger partial charge in [-0.2, -0.15) is 5.10 Å². The van der Waals surface area contributed by atoms with E-state index >= 15 is 0 Å². The number of hydrogen-bond acceptors (Lipinski definition) is 1. The summed E-state index contributed by atoms with van der Waals surface area (Å²) in [5.74, 6) is 0. The Morgan fingerprint density at radius 2 is 2.12 bits per heavy atom. The van der Waals surface area contributed by atoms with E-state index in [-0.39, 0.29) is 0 Å². The number of halogens is 3. The third-order valence-corrected chi connectivity index (χ3v) is 3.49. The van der Waals surface area contributed by atoms with Crippen molar-refractivity contribution in [3.63, 3.8) is 0 Å². The zero-order valence-corrected chi connectivity index (χ0v) is 11.6. The van der Waals surface area contributed by atoms with Gasteiger partial charge in [0.25, 0.3) is 0 Å². The Bertz CT molecular complexity index is 503. The van der Waals surface area contributed by atoms with Crippen LogP contribution in [0.2, 0.25) is 10.0 Å². The largest absolute Gasteiger partial charge is 0.239 e. The SMILES string of the molecule is Cc1nn(-c2cc(Cl)ccc2CBr)cc1Cl. The van der Waals surface area contributed by atoms with Crippen molar-refractivity contribution in [1.82, 2.24) is 9.78 Å². The highest BCUT2D eigenvalue weighted by atomic mass is 79.9. The monoisotopic (exact) mass is 318 g/mol. The first kappa shape index (κ1) is 12.0. The van der Waals surface area contributed by atoms with E-state index in [1.807, 2.05) is 25.1 Å². The van der Waals surface area contributed by atoms with Crippen molar-refractivity contribution in [2.45, 2.75) is 12.3 Å². The third-order valence-electron chi connectivity index (χ3n) is 2.28. The van der Waals surface area contributed by atoms with E-state index in [0.29, 0.717) is 10.0 Å². The maximum atomic E-state index is 5.99. The molecule has 0 saturated carbocycles. The lowest BCUT2D eigenvalue weighted by molar-refractivity contribution is 0.855. The van der Waals surface area contributed by atoms with Crippen molar-refractivity contribution < 1.29 is 0 Å². The van der Waals surface area contributed by atoms with E-state index in [4.69, 9.17) is 23.2 Å². The van der Waals surface area contributed by atoms with E-state index in [9.17, 15) is 0 Å². The van der Waals surface area contributed by atoms with E-state index < -0.39 is 0 Å². The van der Waals surface area contributed by atoms with Gasteiger partial charge in [0.2, 0.25) is 0 Å². The summed E-state index contributed by atoms with van der Waals surface area (Å²) in [6.45, 7) is 1.87. The average Bonchev–Trinajstić information content (AvgIpc) is 2.59. The Hall–Kier alpha value is -0.510. The highest BCUT2D eigenvalue weighted by Gasteiger charge is 2.08. The highest BCUT2D eigenvalue weighted by molar-refractivity contribution is 9.08. The fourth-order valence-corrected chi connectivity index (χ4v) is 2.20. The normalized spacial score (nSPS) is 10.8. The minimum Gasteiger partial charge on any atom is -0.239 e. The number of alkyl halides is 1. The number of benzene rings is 1. The molecule has 0 unspecified atom stereocenters. The summed E-state index contributed by atoms with van der Waals surface area (Å²) < 4.78 is 1.75. The molecule has 0 aliphatic rings. The Labute approximate surface area is 112 Å². The number of nitrogens with zero attached hydrogens (tertiary/aromatic N) is 2. The van der Waals surface area contributed by atoms with Crippen LogP contribution in [0.5, 0.6) is 0 Å². The first-order chi connectivity index (χ1) is 7.61. The van der Waals surface area contributed by atoms with Crippen LogP contribution < -0.4 is 0 Å². The fourth-order valence-electron chi connectivity index (χ4n) is 1.43. The van der Waals surface area contributed by atoms with Crippen LogP contribution in [0.15, 0.2) is 24.4 Å². The molecule has 0 aliphatic carbocycles. The molecule has 0 N–H and O–H groups in total. The van der Waals surface area contributed by atoms with Gasteiger partial charge in [-0.1, -0.05) is 45.2 Å². The maximum absolute atomic E-state index is 5.99. The topological polar surface area (TPSA) is 17.8 Å². The number of rotatable bonds is 2. The van der Waals surface area contributed by atoms with Gasteiger partial charge in [-0.3, -0.25) is 0 Å². The van der Waals surface area contributed by atoms with Crippen LogP contribution in [0.1, 0.15) is 11.3 Å². The summed E-state index contributed by atoms with van der Waals surface area (Å²) in [6, 6.07) is 5.71. The Morgan fingerprint density at radius 1 is 1.38 bits per heavy atom. The van der Waals surface area contributed by atoms with Gasteiger partial charge in [0.1, 0.15) is 0 Å². The molecule has 0 spiro atoms. The summed E-state index contributed by atoms with van der Waals surface area (Å²) in [7, 11) is 0. The molecule has 0 aliphatic heterocycles. The number of hydrogen-bond donors (Lipinski definition) is 0. The van der Waals surface area contributed by atoms with E-state index in [1.165, 1.54) is 0 Å². The second-order valence-corrected chi connectivity index (χ2v) is 4.82. The molecule has 2 rings (SSSR count). The molecule has 0 amide bonds. The van der Waals surface area contributed by atoms with Crippen molar-refractivity contribution in [1.29, 1.82) is 0 Å². The van der Waals surface area contributed by atoms with Crippen molar-refractivity contribution in [2.75, 3.05) is 0 Å². The van der Waals surface area contributed by atoms with Crippen LogP contribution in [0.25, 0.3) is 5.69 Å². The van der Waals surface area contributed by atoms with Gasteiger partial charge in [-0.25, -0.2) is 4.68 Å². The summed E-state index contributed by atoms with van der Waals surface area (Å²) in [6.07, 6.45) is 1.79. The molecular formula is C11H9BrCl2N2. The molecule has 2 aromatic rings. The minimum atomic E-state index is 0.653. The van der Waals surface area contributed by atoms with E-state index in [0.717, 1.165) is 22.3 Å². The Kier molecular flexibility index (Phi) is 3.57. The molecule has 1 aromatic heterocycles. The van der Waals surface area contributed by atoms with Gasteiger partial charge >= 0.3 is 0 Å². The Morgan fingerprint density at radius 3 is 2.69 bits per heavy atom. The molecule has 1 heterocycles. The van der Waals surface area contributed by atoms with Gasteiger partial charge < -0.3 is 0 Å². The standard InChI is InChI=1S/C11H9BrCl2N2/c1-7-10(14)6-16(15-7)11-4-9(13)3-2-8(11)5-12/h2-4,6H,5H2,1H3. The first-order valence-corrected chi connectivity index (χ1v) is 6.56. The van der Waals surface area contributed by atoms with Gasteiger partial charge in [-0.15, -0.1) is 0 Å². The quantitative estimate of drug-likeness (QED) is 0.751. The predicted molar refractivity (Wildman–Crippen MR) is 71.0 cm³/mol. The second kappa shape index (κ2) is 4.78. The van der Waals surface area contributed by atoms with Crippen LogP contribution in [0.3, 0.4) is 0 Å². The summed E-state index contributed by atoms with van der Waals surface area (Å²) >= 11 is 15.4. The van der Waals surface area contributed by atoms with Crippen LogP contribution in [-0.2, 0) is 5.33 Å². The molecule has 0 saturated heterocycles. The first-order valence-electron chi connectivity index (χ1n) is 4.68. The molecule has 1 aromatic carbocycles. The van der Waals surface area contributed by atoms with Crippen LogP contribution in [-0.4, -0.2) is 9.78 Å². The molecule has 2 nitrogen and oxygen atoms in total. The zero-order chi connectivity index (χ0) is 11.7. The van der Waals surface area contributed by atoms with Crippen molar-refractivity contribution in [2.24, 2.45) is 0 Å². The minimum absolute atomic E-state index is 0.653. The zero-order valence-electron chi connectivity index (χ0n) is 8.54. The summed E-state index contributed by atoms with van der Waals surface area (Å²) in [5, 5.41) is 6.42. The van der Waals surface area contributed by atoms with Crippen molar-refractivity contribution in [3.05, 3.63) is 45.7 Å².